The Kier molecular flexibility index (Phi) is 14.3. The quantitative estimate of drug-likeness (QED) is 0.0944. The Morgan fingerprint density at radius 1 is 0.541 bits per heavy atom. The van der Waals surface area contributed by atoms with Gasteiger partial charge in [-0.3, -0.25) is 0 Å². The van der Waals surface area contributed by atoms with E-state index in [1.54, 1.807) is 12.4 Å². The molecule has 0 unspecified atom stereocenters. The van der Waals surface area contributed by atoms with Crippen LogP contribution in [0.2, 0.25) is 0 Å². The fourth-order valence-electron chi connectivity index (χ4n) is 8.49. The summed E-state index contributed by atoms with van der Waals surface area (Å²) < 4.78 is 79.6. The first-order chi connectivity index (χ1) is 35.4. The Bertz CT molecular complexity index is 3120. The van der Waals surface area contributed by atoms with Crippen LogP contribution in [0.25, 0.3) is 44.6 Å². The average molecular weight is 1020 g/mol. The lowest BCUT2D eigenvalue weighted by molar-refractivity contribution is -0.138. The van der Waals surface area contributed by atoms with Crippen LogP contribution in [0.5, 0.6) is 0 Å². The van der Waals surface area contributed by atoms with Crippen molar-refractivity contribution in [1.82, 2.24) is 59.6 Å². The van der Waals surface area contributed by atoms with E-state index >= 15 is 0 Å². The standard InChI is InChI=1S/2C25H24F3N9/c2*1-15(16-3-4-21(30-11-16)37-7-5-36(2)6-8-37)34-24-33-12-17(10-29)22(35-24)20-14-32-23-19(20)9-18(13-31-23)25(26,27)28/h2*3-4,9,11-15H,5-8H2,1-2H3,(H,31,32)(H,33,34,35)/t2*15-/m10/s1. The third-order valence-corrected chi connectivity index (χ3v) is 12.9. The number of nitrogens with one attached hydrogen (secondary N) is 4. The molecule has 0 radical (unpaired) electrons. The number of nitrogens with zero attached hydrogens (tertiary/aromatic N) is 14. The van der Waals surface area contributed by atoms with E-state index in [2.05, 4.69) is 94.2 Å². The highest BCUT2D eigenvalue weighted by atomic mass is 19.4. The van der Waals surface area contributed by atoms with Crippen LogP contribution in [0.4, 0.5) is 49.9 Å². The van der Waals surface area contributed by atoms with Gasteiger partial charge in [0.25, 0.3) is 0 Å². The molecule has 380 valence electrons. The number of hydrogen-bond donors (Lipinski definition) is 4. The molecule has 0 spiro atoms. The van der Waals surface area contributed by atoms with Gasteiger partial charge in [0, 0.05) is 111 Å². The fourth-order valence-corrected chi connectivity index (χ4v) is 8.49. The van der Waals surface area contributed by atoms with E-state index in [9.17, 15) is 36.9 Å². The third-order valence-electron chi connectivity index (χ3n) is 12.9. The number of likely N-dealkylation sites (N-methyl/N-ethyl adjacent to an activating group) is 2. The van der Waals surface area contributed by atoms with Gasteiger partial charge in [-0.25, -0.2) is 39.9 Å². The molecule has 24 heteroatoms. The summed E-state index contributed by atoms with van der Waals surface area (Å²) in [7, 11) is 4.21. The monoisotopic (exact) mass is 1010 g/mol. The van der Waals surface area contributed by atoms with E-state index in [-0.39, 0.29) is 68.6 Å². The lowest BCUT2D eigenvalue weighted by atomic mass is 10.1. The summed E-state index contributed by atoms with van der Waals surface area (Å²) in [5.74, 6) is 2.32. The molecule has 4 N–H and O–H groups in total. The number of H-pyrrole nitrogens is 2. The summed E-state index contributed by atoms with van der Waals surface area (Å²) in [6.07, 6.45) is 1.75. The van der Waals surface area contributed by atoms with E-state index in [1.807, 2.05) is 50.3 Å². The van der Waals surface area contributed by atoms with Crippen LogP contribution in [0.15, 0.2) is 86.0 Å². The highest BCUT2D eigenvalue weighted by Crippen LogP contribution is 2.37. The molecule has 2 saturated heterocycles. The summed E-state index contributed by atoms with van der Waals surface area (Å²) >= 11 is 0. The van der Waals surface area contributed by atoms with Gasteiger partial charge in [0.1, 0.15) is 35.1 Å². The molecule has 0 aromatic carbocycles. The van der Waals surface area contributed by atoms with E-state index in [4.69, 9.17) is 0 Å². The molecule has 0 bridgehead atoms. The molecule has 10 rings (SSSR count). The highest BCUT2D eigenvalue weighted by Gasteiger charge is 2.33. The summed E-state index contributed by atoms with van der Waals surface area (Å²) in [4.78, 5) is 49.2. The maximum atomic E-state index is 13.3. The summed E-state index contributed by atoms with van der Waals surface area (Å²) in [5, 5.41) is 26.0. The molecule has 0 saturated carbocycles. The Morgan fingerprint density at radius 3 is 1.27 bits per heavy atom. The van der Waals surface area contributed by atoms with Crippen LogP contribution in [-0.2, 0) is 12.4 Å². The van der Waals surface area contributed by atoms with Crippen molar-refractivity contribution >= 4 is 45.6 Å². The van der Waals surface area contributed by atoms with Crippen LogP contribution in [-0.4, -0.2) is 126 Å². The van der Waals surface area contributed by atoms with Crippen molar-refractivity contribution < 1.29 is 26.3 Å². The molecule has 2 fully saturated rings. The van der Waals surface area contributed by atoms with Crippen LogP contribution >= 0.6 is 0 Å². The van der Waals surface area contributed by atoms with Crippen molar-refractivity contribution in [3.05, 3.63) is 119 Å². The minimum absolute atomic E-state index is 0.134. The van der Waals surface area contributed by atoms with Crippen LogP contribution in [0.1, 0.15) is 59.3 Å². The number of anilines is 4. The van der Waals surface area contributed by atoms with Gasteiger partial charge in [-0.15, -0.1) is 0 Å². The van der Waals surface area contributed by atoms with Gasteiger partial charge >= 0.3 is 12.4 Å². The number of alkyl halides is 6. The molecular weight excluding hydrogens is 967 g/mol. The average Bonchev–Trinajstić information content (AvgIpc) is 4.03. The number of hydrogen-bond acceptors (Lipinski definition) is 16. The Balaban J connectivity index is 0.000000182. The second-order valence-electron chi connectivity index (χ2n) is 18.0. The molecule has 8 aromatic rings. The highest BCUT2D eigenvalue weighted by molar-refractivity contribution is 5.95. The normalized spacial score (nSPS) is 15.5. The zero-order valence-corrected chi connectivity index (χ0v) is 40.4. The SMILES string of the molecule is C[C@@H](Nc1ncc(C#N)c(-c2c[nH]c3ncc(C(F)(F)F)cc23)n1)c1ccc(N2CCN(C)CC2)nc1.C[C@H](Nc1ncc(C#N)c(-c2c[nH]c3ncc(C(F)(F)F)cc23)n1)c1ccc(N2CCN(C)CC2)nc1. The van der Waals surface area contributed by atoms with Gasteiger partial charge in [-0.1, -0.05) is 12.1 Å². The molecule has 0 aliphatic carbocycles. The molecule has 0 amide bonds. The zero-order chi connectivity index (χ0) is 52.3. The second kappa shape index (κ2) is 20.9. The van der Waals surface area contributed by atoms with Gasteiger partial charge in [0.15, 0.2) is 0 Å². The van der Waals surface area contributed by atoms with Gasteiger partial charge in [-0.2, -0.15) is 36.9 Å². The summed E-state index contributed by atoms with van der Waals surface area (Å²) in [6, 6.07) is 13.6. The number of piperazine rings is 2. The summed E-state index contributed by atoms with van der Waals surface area (Å²) in [5.41, 5.74) is 1.95. The van der Waals surface area contributed by atoms with Crippen molar-refractivity contribution in [2.75, 3.05) is 86.9 Å². The number of rotatable bonds is 10. The molecule has 18 nitrogen and oxygen atoms in total. The zero-order valence-electron chi connectivity index (χ0n) is 40.4. The Morgan fingerprint density at radius 2 is 0.932 bits per heavy atom. The maximum Gasteiger partial charge on any atom is 0.417 e. The van der Waals surface area contributed by atoms with Crippen molar-refractivity contribution in [2.45, 2.75) is 38.3 Å². The number of nitriles is 2. The van der Waals surface area contributed by atoms with Crippen molar-refractivity contribution in [3.63, 3.8) is 0 Å². The number of halogens is 6. The smallest absolute Gasteiger partial charge is 0.354 e. The molecule has 2 aliphatic heterocycles. The molecule has 8 aromatic heterocycles. The van der Waals surface area contributed by atoms with Gasteiger partial charge < -0.3 is 40.2 Å². The van der Waals surface area contributed by atoms with Gasteiger partial charge in [-0.05, 0) is 63.3 Å². The first-order valence-electron chi connectivity index (χ1n) is 23.4. The second-order valence-corrected chi connectivity index (χ2v) is 18.0. The predicted molar refractivity (Wildman–Crippen MR) is 266 cm³/mol. The minimum atomic E-state index is -4.55. The van der Waals surface area contributed by atoms with Gasteiger partial charge in [0.2, 0.25) is 11.9 Å². The number of pyridine rings is 4. The number of aromatic nitrogens is 10. The van der Waals surface area contributed by atoms with E-state index in [1.165, 1.54) is 24.8 Å². The topological polar surface area (TPSA) is 219 Å². The maximum absolute atomic E-state index is 13.3. The third kappa shape index (κ3) is 11.1. The molecule has 2 aliphatic rings. The minimum Gasteiger partial charge on any atom is -0.354 e. The fraction of sp³-hybridized carbons (Fsp3) is 0.320. The van der Waals surface area contributed by atoms with Crippen LogP contribution < -0.4 is 20.4 Å². The Hall–Kier alpha value is -8.48. The Labute approximate surface area is 420 Å². The van der Waals surface area contributed by atoms with Crippen molar-refractivity contribution in [2.24, 2.45) is 0 Å². The van der Waals surface area contributed by atoms with Crippen LogP contribution in [0, 0.1) is 22.7 Å². The van der Waals surface area contributed by atoms with E-state index < -0.39 is 23.5 Å². The van der Waals surface area contributed by atoms with Crippen molar-refractivity contribution in [1.29, 1.82) is 10.5 Å². The van der Waals surface area contributed by atoms with E-state index in [0.717, 1.165) is 99.6 Å². The lowest BCUT2D eigenvalue weighted by Crippen LogP contribution is -2.44. The van der Waals surface area contributed by atoms with Crippen LogP contribution in [0.3, 0.4) is 0 Å². The predicted octanol–water partition coefficient (Wildman–Crippen LogP) is 8.46. The molecule has 2 atom stereocenters. The largest absolute Gasteiger partial charge is 0.417 e. The first kappa shape index (κ1) is 50.5. The van der Waals surface area contributed by atoms with Gasteiger partial charge in [0.05, 0.1) is 58.1 Å². The first-order valence-corrected chi connectivity index (χ1v) is 23.4. The molecular formula is C50H48F6N18. The van der Waals surface area contributed by atoms with Crippen molar-refractivity contribution in [3.8, 4) is 34.7 Å². The number of aromatic amines is 2. The number of fused-ring (bicyclic) bond motifs is 2. The van der Waals surface area contributed by atoms with E-state index in [0.29, 0.717) is 11.1 Å². The molecule has 74 heavy (non-hydrogen) atoms. The lowest BCUT2D eigenvalue weighted by Gasteiger charge is -2.33. The summed E-state index contributed by atoms with van der Waals surface area (Å²) in [6.45, 7) is 11.5. The molecule has 10 heterocycles.